The van der Waals surface area contributed by atoms with Crippen LogP contribution >= 0.6 is 0 Å². The number of amides is 1. The van der Waals surface area contributed by atoms with Gasteiger partial charge in [-0.15, -0.1) is 0 Å². The zero-order valence-corrected chi connectivity index (χ0v) is 56.9. The maximum Gasteiger partial charge on any atom is 0.220 e. The predicted octanol–water partition coefficient (Wildman–Crippen LogP) is 21.4. The fourth-order valence-corrected chi connectivity index (χ4v) is 12.9. The number of hydrogen-bond donors (Lipinski definition) is 6. The molecule has 0 aromatic heterocycles. The molecule has 0 radical (unpaired) electrons. The highest BCUT2D eigenvalue weighted by Gasteiger charge is 2.44. The number of hydrogen-bond acceptors (Lipinski definition) is 8. The third kappa shape index (κ3) is 54.4. The summed E-state index contributed by atoms with van der Waals surface area (Å²) >= 11 is 0. The lowest BCUT2D eigenvalue weighted by atomic mass is 9.99. The Balaban J connectivity index is 2.08. The second-order valence-corrected chi connectivity index (χ2v) is 27.2. The normalized spacial score (nSPS) is 18.0. The first kappa shape index (κ1) is 81.9. The molecule has 9 nitrogen and oxygen atoms in total. The molecule has 1 amide bonds. The topological polar surface area (TPSA) is 149 Å². The molecule has 85 heavy (non-hydrogen) atoms. The van der Waals surface area contributed by atoms with Gasteiger partial charge in [-0.2, -0.15) is 0 Å². The summed E-state index contributed by atoms with van der Waals surface area (Å²) in [4.78, 5) is 13.2. The average molecular weight is 1210 g/mol. The van der Waals surface area contributed by atoms with Gasteiger partial charge in [0.2, 0.25) is 5.91 Å². The van der Waals surface area contributed by atoms with E-state index >= 15 is 0 Å². The molecule has 7 unspecified atom stereocenters. The monoisotopic (exact) mass is 1200 g/mol. The maximum absolute atomic E-state index is 13.2. The second-order valence-electron chi connectivity index (χ2n) is 27.2. The molecule has 0 aromatic rings. The number of unbranched alkanes of at least 4 members (excludes halogenated alkanes) is 59. The van der Waals surface area contributed by atoms with Crippen molar-refractivity contribution in [1.29, 1.82) is 0 Å². The van der Waals surface area contributed by atoms with E-state index in [0.717, 1.165) is 38.5 Å². The molecule has 1 heterocycles. The summed E-state index contributed by atoms with van der Waals surface area (Å²) in [5.74, 6) is -0.166. The molecule has 0 saturated carbocycles. The van der Waals surface area contributed by atoms with Crippen molar-refractivity contribution in [3.63, 3.8) is 0 Å². The van der Waals surface area contributed by atoms with Crippen molar-refractivity contribution >= 4 is 5.91 Å². The van der Waals surface area contributed by atoms with Crippen molar-refractivity contribution in [3.05, 3.63) is 12.2 Å². The van der Waals surface area contributed by atoms with Crippen molar-refractivity contribution in [3.8, 4) is 0 Å². The molecular formula is C76H149NO8. The molecular weight excluding hydrogens is 1050 g/mol. The Kier molecular flexibility index (Phi) is 63.5. The first-order chi connectivity index (χ1) is 41.8. The third-order valence-corrected chi connectivity index (χ3v) is 18.9. The van der Waals surface area contributed by atoms with E-state index < -0.39 is 49.5 Å². The van der Waals surface area contributed by atoms with Gasteiger partial charge in [-0.1, -0.05) is 398 Å². The first-order valence-electron chi connectivity index (χ1n) is 38.4. The van der Waals surface area contributed by atoms with Crippen LogP contribution in [0.3, 0.4) is 0 Å². The van der Waals surface area contributed by atoms with Crippen molar-refractivity contribution in [2.24, 2.45) is 0 Å². The van der Waals surface area contributed by atoms with E-state index in [4.69, 9.17) is 9.47 Å². The van der Waals surface area contributed by atoms with Crippen molar-refractivity contribution in [1.82, 2.24) is 5.32 Å². The molecule has 6 N–H and O–H groups in total. The molecule has 7 atom stereocenters. The fraction of sp³-hybridized carbons (Fsp3) is 0.961. The highest BCUT2D eigenvalue weighted by Crippen LogP contribution is 2.24. The van der Waals surface area contributed by atoms with Crippen molar-refractivity contribution in [2.45, 2.75) is 455 Å². The molecule has 0 aliphatic carbocycles. The van der Waals surface area contributed by atoms with E-state index in [-0.39, 0.29) is 12.5 Å². The van der Waals surface area contributed by atoms with Gasteiger partial charge in [0.25, 0.3) is 0 Å². The van der Waals surface area contributed by atoms with E-state index in [1.807, 2.05) is 6.08 Å². The van der Waals surface area contributed by atoms with Crippen molar-refractivity contribution < 1.29 is 39.8 Å². The summed E-state index contributed by atoms with van der Waals surface area (Å²) in [6.07, 6.45) is 79.2. The standard InChI is InChI=1S/C76H149NO8/c1-3-5-7-9-11-13-15-17-19-21-23-25-27-29-31-33-34-35-36-38-39-41-43-45-47-49-51-53-55-57-59-61-63-65-70(79)69(68-84-76-75(83)74(82)73(81)71(67-78)85-76)77-72(80)66-64-62-60-58-56-54-52-50-48-46-44-42-40-37-32-30-28-26-24-22-20-18-16-14-12-10-8-6-4-2/h63,65,69-71,73-76,78-79,81-83H,3-62,64,66-68H2,1-2H3,(H,77,80)/b65-63+. The van der Waals surface area contributed by atoms with Gasteiger partial charge in [-0.3, -0.25) is 4.79 Å². The zero-order chi connectivity index (χ0) is 61.4. The Morgan fingerprint density at radius 2 is 0.647 bits per heavy atom. The summed E-state index contributed by atoms with van der Waals surface area (Å²) in [5.41, 5.74) is 0. The minimum Gasteiger partial charge on any atom is -0.394 e. The molecule has 0 aromatic carbocycles. The zero-order valence-electron chi connectivity index (χ0n) is 56.9. The molecule has 1 fully saturated rings. The highest BCUT2D eigenvalue weighted by molar-refractivity contribution is 5.76. The van der Waals surface area contributed by atoms with E-state index in [1.54, 1.807) is 6.08 Å². The quantitative estimate of drug-likeness (QED) is 0.0261. The number of nitrogens with one attached hydrogen (secondary N) is 1. The number of allylic oxidation sites excluding steroid dienone is 1. The Hall–Kier alpha value is -1.07. The smallest absolute Gasteiger partial charge is 0.220 e. The summed E-state index contributed by atoms with van der Waals surface area (Å²) in [5, 5.41) is 54.9. The third-order valence-electron chi connectivity index (χ3n) is 18.9. The van der Waals surface area contributed by atoms with Crippen LogP contribution in [0.25, 0.3) is 0 Å². The largest absolute Gasteiger partial charge is 0.394 e. The van der Waals surface area contributed by atoms with Gasteiger partial charge >= 0.3 is 0 Å². The van der Waals surface area contributed by atoms with Crippen LogP contribution in [0.4, 0.5) is 0 Å². The Labute approximate surface area is 528 Å². The summed E-state index contributed by atoms with van der Waals surface area (Å²) in [7, 11) is 0. The van der Waals surface area contributed by atoms with Crippen LogP contribution in [0.1, 0.15) is 412 Å². The molecule has 1 aliphatic rings. The predicted molar refractivity (Wildman–Crippen MR) is 364 cm³/mol. The van der Waals surface area contributed by atoms with Crippen LogP contribution in [0, 0.1) is 0 Å². The van der Waals surface area contributed by atoms with Crippen LogP contribution in [-0.2, 0) is 14.3 Å². The number of rotatable bonds is 69. The van der Waals surface area contributed by atoms with Gasteiger partial charge in [0, 0.05) is 6.42 Å². The van der Waals surface area contributed by atoms with Gasteiger partial charge in [0.15, 0.2) is 6.29 Å². The van der Waals surface area contributed by atoms with Crippen LogP contribution in [-0.4, -0.2) is 87.5 Å². The minimum absolute atomic E-state index is 0.166. The average Bonchev–Trinajstić information content (AvgIpc) is 3.68. The lowest BCUT2D eigenvalue weighted by Crippen LogP contribution is -2.60. The number of carbonyl (C=O) groups is 1. The fourth-order valence-electron chi connectivity index (χ4n) is 12.9. The van der Waals surface area contributed by atoms with E-state index in [0.29, 0.717) is 6.42 Å². The van der Waals surface area contributed by atoms with Gasteiger partial charge in [-0.05, 0) is 19.3 Å². The van der Waals surface area contributed by atoms with Gasteiger partial charge in [0.05, 0.1) is 25.4 Å². The summed E-state index contributed by atoms with van der Waals surface area (Å²) in [6.45, 7) is 3.86. The van der Waals surface area contributed by atoms with Crippen LogP contribution in [0.15, 0.2) is 12.2 Å². The van der Waals surface area contributed by atoms with Crippen LogP contribution in [0.2, 0.25) is 0 Å². The Morgan fingerprint density at radius 3 is 0.918 bits per heavy atom. The molecule has 0 bridgehead atoms. The number of carbonyl (C=O) groups excluding carboxylic acids is 1. The van der Waals surface area contributed by atoms with Gasteiger partial charge < -0.3 is 40.3 Å². The molecule has 1 rings (SSSR count). The van der Waals surface area contributed by atoms with Crippen molar-refractivity contribution in [2.75, 3.05) is 13.2 Å². The first-order valence-corrected chi connectivity index (χ1v) is 38.4. The lowest BCUT2D eigenvalue weighted by molar-refractivity contribution is -0.302. The summed E-state index contributed by atoms with van der Waals surface area (Å²) in [6, 6.07) is -0.803. The van der Waals surface area contributed by atoms with Gasteiger partial charge in [-0.25, -0.2) is 0 Å². The SMILES string of the molecule is CCCCCCCCCCCCCCCCCCCCCCCCCCCCCCCCC/C=C/C(O)C(COC1OC(CO)C(O)C(O)C1O)NC(=O)CCCCCCCCCCCCCCCCCCCCCCCCCCCCCCC. The van der Waals surface area contributed by atoms with E-state index in [2.05, 4.69) is 19.2 Å². The Bertz CT molecular complexity index is 1350. The molecule has 506 valence electrons. The minimum atomic E-state index is -1.57. The molecule has 1 saturated heterocycles. The molecule has 9 heteroatoms. The van der Waals surface area contributed by atoms with E-state index in [1.165, 1.54) is 353 Å². The number of aliphatic hydroxyl groups excluding tert-OH is 5. The Morgan fingerprint density at radius 1 is 0.388 bits per heavy atom. The van der Waals surface area contributed by atoms with Crippen LogP contribution in [0.5, 0.6) is 0 Å². The molecule has 1 aliphatic heterocycles. The lowest BCUT2D eigenvalue weighted by Gasteiger charge is -2.40. The van der Waals surface area contributed by atoms with Gasteiger partial charge in [0.1, 0.15) is 24.4 Å². The second kappa shape index (κ2) is 65.9. The number of aliphatic hydroxyl groups is 5. The molecule has 0 spiro atoms. The maximum atomic E-state index is 13.2. The van der Waals surface area contributed by atoms with E-state index in [9.17, 15) is 30.3 Å². The van der Waals surface area contributed by atoms with Crippen LogP contribution < -0.4 is 5.32 Å². The highest BCUT2D eigenvalue weighted by atomic mass is 16.7. The summed E-state index contributed by atoms with van der Waals surface area (Å²) < 4.78 is 11.3. The number of ether oxygens (including phenoxy) is 2.